The highest BCUT2D eigenvalue weighted by atomic mass is 15.1. The number of nitrogens with zero attached hydrogens (tertiary/aromatic N) is 1. The molecule has 2 aliphatic carbocycles. The highest BCUT2D eigenvalue weighted by Gasteiger charge is 2.41. The van der Waals surface area contributed by atoms with Crippen molar-refractivity contribution in [2.45, 2.75) is 39.0 Å². The first-order valence-corrected chi connectivity index (χ1v) is 8.42. The molecule has 3 aliphatic rings. The summed E-state index contributed by atoms with van der Waals surface area (Å²) in [6.07, 6.45) is 13.7. The second-order valence-corrected chi connectivity index (χ2v) is 7.49. The lowest BCUT2D eigenvalue weighted by Gasteiger charge is -2.34. The maximum Gasteiger partial charge on any atom is 0.00112 e. The van der Waals surface area contributed by atoms with E-state index in [1.54, 1.807) is 5.57 Å². The standard InChI is InChI=1S/C18H30N2/c1-18(10-7-16-5-3-4-6-17(16)18)14-19-13-15-8-11-20(2)12-9-15/h3-5,15,17,19H,6-14H2,1-2H3/t17?,18-/m0/s1. The van der Waals surface area contributed by atoms with Gasteiger partial charge in [-0.05, 0) is 76.0 Å². The van der Waals surface area contributed by atoms with E-state index in [1.165, 1.54) is 58.3 Å². The quantitative estimate of drug-likeness (QED) is 0.847. The Kier molecular flexibility index (Phi) is 4.32. The van der Waals surface area contributed by atoms with Crippen LogP contribution in [0, 0.1) is 17.3 Å². The van der Waals surface area contributed by atoms with E-state index in [-0.39, 0.29) is 0 Å². The maximum atomic E-state index is 3.82. The summed E-state index contributed by atoms with van der Waals surface area (Å²) in [7, 11) is 2.24. The molecule has 1 unspecified atom stereocenters. The monoisotopic (exact) mass is 274 g/mol. The van der Waals surface area contributed by atoms with E-state index in [0.29, 0.717) is 5.41 Å². The van der Waals surface area contributed by atoms with Gasteiger partial charge in [-0.1, -0.05) is 30.7 Å². The van der Waals surface area contributed by atoms with Gasteiger partial charge in [0.25, 0.3) is 0 Å². The van der Waals surface area contributed by atoms with Crippen LogP contribution in [0.2, 0.25) is 0 Å². The Morgan fingerprint density at radius 1 is 1.35 bits per heavy atom. The minimum Gasteiger partial charge on any atom is -0.316 e. The molecule has 0 aromatic rings. The first-order chi connectivity index (χ1) is 9.67. The van der Waals surface area contributed by atoms with Gasteiger partial charge in [0, 0.05) is 6.54 Å². The first kappa shape index (κ1) is 14.3. The minimum absolute atomic E-state index is 0.488. The van der Waals surface area contributed by atoms with Gasteiger partial charge in [0.15, 0.2) is 0 Å². The van der Waals surface area contributed by atoms with Crippen molar-refractivity contribution in [3.8, 4) is 0 Å². The molecule has 2 heteroatoms. The smallest absolute Gasteiger partial charge is 0.00112 e. The summed E-state index contributed by atoms with van der Waals surface area (Å²) in [5.74, 6) is 1.70. The zero-order valence-electron chi connectivity index (χ0n) is 13.2. The third-order valence-electron chi connectivity index (χ3n) is 5.89. The SMILES string of the molecule is CN1CCC(CNC[C@]2(C)CCC3=CC=CCC32)CC1. The Hall–Kier alpha value is -0.600. The highest BCUT2D eigenvalue weighted by molar-refractivity contribution is 5.27. The molecule has 1 heterocycles. The van der Waals surface area contributed by atoms with Crippen LogP contribution >= 0.6 is 0 Å². The number of hydrogen-bond donors (Lipinski definition) is 1. The number of rotatable bonds is 4. The molecule has 20 heavy (non-hydrogen) atoms. The Morgan fingerprint density at radius 3 is 2.95 bits per heavy atom. The predicted molar refractivity (Wildman–Crippen MR) is 85.8 cm³/mol. The second-order valence-electron chi connectivity index (χ2n) is 7.49. The van der Waals surface area contributed by atoms with E-state index in [4.69, 9.17) is 0 Å². The zero-order valence-corrected chi connectivity index (χ0v) is 13.2. The number of hydrogen-bond acceptors (Lipinski definition) is 2. The summed E-state index contributed by atoms with van der Waals surface area (Å²) in [6.45, 7) is 7.49. The van der Waals surface area contributed by atoms with Gasteiger partial charge in [-0.25, -0.2) is 0 Å². The van der Waals surface area contributed by atoms with Crippen LogP contribution in [0.15, 0.2) is 23.8 Å². The van der Waals surface area contributed by atoms with Gasteiger partial charge in [-0.2, -0.15) is 0 Å². The van der Waals surface area contributed by atoms with Crippen LogP contribution in [0.4, 0.5) is 0 Å². The molecule has 2 fully saturated rings. The van der Waals surface area contributed by atoms with Gasteiger partial charge in [0.05, 0.1) is 0 Å². The zero-order chi connectivity index (χ0) is 14.0. The minimum atomic E-state index is 0.488. The second kappa shape index (κ2) is 6.03. The van der Waals surface area contributed by atoms with Crippen LogP contribution in [-0.4, -0.2) is 38.1 Å². The third-order valence-corrected chi connectivity index (χ3v) is 5.89. The largest absolute Gasteiger partial charge is 0.316 e. The van der Waals surface area contributed by atoms with E-state index >= 15 is 0 Å². The fourth-order valence-electron chi connectivity index (χ4n) is 4.31. The fourth-order valence-corrected chi connectivity index (χ4v) is 4.31. The van der Waals surface area contributed by atoms with Crippen molar-refractivity contribution in [2.24, 2.45) is 17.3 Å². The molecule has 0 radical (unpaired) electrons. The predicted octanol–water partition coefficient (Wildman–Crippen LogP) is 3.22. The molecular weight excluding hydrogens is 244 g/mol. The molecule has 0 aromatic heterocycles. The Bertz CT molecular complexity index is 390. The van der Waals surface area contributed by atoms with Gasteiger partial charge in [0.1, 0.15) is 0 Å². The number of fused-ring (bicyclic) bond motifs is 1. The first-order valence-electron chi connectivity index (χ1n) is 8.42. The molecule has 3 rings (SSSR count). The topological polar surface area (TPSA) is 15.3 Å². The lowest BCUT2D eigenvalue weighted by Crippen LogP contribution is -2.40. The Balaban J connectivity index is 1.46. The molecule has 1 saturated carbocycles. The Morgan fingerprint density at radius 2 is 2.15 bits per heavy atom. The number of likely N-dealkylation sites (tertiary alicyclic amines) is 1. The van der Waals surface area contributed by atoms with E-state index in [1.807, 2.05) is 0 Å². The normalized spacial score (nSPS) is 35.1. The maximum absolute atomic E-state index is 3.82. The molecule has 1 N–H and O–H groups in total. The molecule has 2 nitrogen and oxygen atoms in total. The molecule has 0 bridgehead atoms. The van der Waals surface area contributed by atoms with Crippen LogP contribution in [0.25, 0.3) is 0 Å². The molecule has 0 amide bonds. The van der Waals surface area contributed by atoms with Gasteiger partial charge >= 0.3 is 0 Å². The van der Waals surface area contributed by atoms with Crippen LogP contribution < -0.4 is 5.32 Å². The number of piperidine rings is 1. The van der Waals surface area contributed by atoms with Crippen molar-refractivity contribution in [1.82, 2.24) is 10.2 Å². The van der Waals surface area contributed by atoms with E-state index in [2.05, 4.69) is 42.4 Å². The molecule has 112 valence electrons. The van der Waals surface area contributed by atoms with Gasteiger partial charge in [-0.3, -0.25) is 0 Å². The molecule has 1 aliphatic heterocycles. The van der Waals surface area contributed by atoms with Crippen molar-refractivity contribution in [2.75, 3.05) is 33.2 Å². The molecule has 1 saturated heterocycles. The van der Waals surface area contributed by atoms with E-state index < -0.39 is 0 Å². The molecule has 0 aromatic carbocycles. The highest BCUT2D eigenvalue weighted by Crippen LogP contribution is 2.49. The lowest BCUT2D eigenvalue weighted by molar-refractivity contribution is 0.196. The van der Waals surface area contributed by atoms with Crippen molar-refractivity contribution in [3.63, 3.8) is 0 Å². The summed E-state index contributed by atoms with van der Waals surface area (Å²) >= 11 is 0. The van der Waals surface area contributed by atoms with Gasteiger partial charge in [-0.15, -0.1) is 0 Å². The summed E-state index contributed by atoms with van der Waals surface area (Å²) in [5.41, 5.74) is 2.19. The molecular formula is C18H30N2. The van der Waals surface area contributed by atoms with Gasteiger partial charge < -0.3 is 10.2 Å². The van der Waals surface area contributed by atoms with Crippen molar-refractivity contribution in [3.05, 3.63) is 23.8 Å². The van der Waals surface area contributed by atoms with Gasteiger partial charge in [0.2, 0.25) is 0 Å². The summed E-state index contributed by atoms with van der Waals surface area (Å²) < 4.78 is 0. The average Bonchev–Trinajstić information content (AvgIpc) is 2.80. The summed E-state index contributed by atoms with van der Waals surface area (Å²) in [4.78, 5) is 2.46. The van der Waals surface area contributed by atoms with Crippen molar-refractivity contribution < 1.29 is 0 Å². The van der Waals surface area contributed by atoms with E-state index in [9.17, 15) is 0 Å². The molecule has 0 spiro atoms. The third kappa shape index (κ3) is 3.01. The lowest BCUT2D eigenvalue weighted by atomic mass is 9.75. The van der Waals surface area contributed by atoms with Crippen molar-refractivity contribution >= 4 is 0 Å². The van der Waals surface area contributed by atoms with Crippen molar-refractivity contribution in [1.29, 1.82) is 0 Å². The Labute approximate surface area is 124 Å². The molecule has 2 atom stereocenters. The summed E-state index contributed by atoms with van der Waals surface area (Å²) in [5, 5.41) is 3.82. The van der Waals surface area contributed by atoms with Crippen LogP contribution in [-0.2, 0) is 0 Å². The number of nitrogens with one attached hydrogen (secondary N) is 1. The fraction of sp³-hybridized carbons (Fsp3) is 0.778. The summed E-state index contributed by atoms with van der Waals surface area (Å²) in [6, 6.07) is 0. The van der Waals surface area contributed by atoms with E-state index in [0.717, 1.165) is 11.8 Å². The average molecular weight is 274 g/mol. The number of allylic oxidation sites excluding steroid dienone is 4. The van der Waals surface area contributed by atoms with Crippen LogP contribution in [0.1, 0.15) is 39.0 Å². The van der Waals surface area contributed by atoms with Crippen LogP contribution in [0.5, 0.6) is 0 Å². The van der Waals surface area contributed by atoms with Crippen LogP contribution in [0.3, 0.4) is 0 Å².